The number of piperidine rings is 1. The zero-order valence-electron chi connectivity index (χ0n) is 12.0. The van der Waals surface area contributed by atoms with Gasteiger partial charge in [-0.3, -0.25) is 0 Å². The SMILES string of the molecule is CCCN(C1CCCNC1)S(=O)(=O)c1cccc(Cl)c1Cl. The molecule has 7 heteroatoms. The van der Waals surface area contributed by atoms with E-state index in [1.807, 2.05) is 6.92 Å². The molecule has 21 heavy (non-hydrogen) atoms. The fraction of sp³-hybridized carbons (Fsp3) is 0.571. The quantitative estimate of drug-likeness (QED) is 0.887. The van der Waals surface area contributed by atoms with E-state index in [0.717, 1.165) is 25.8 Å². The Bertz CT molecular complexity index is 587. The number of rotatable bonds is 5. The molecule has 1 fully saturated rings. The Morgan fingerprint density at radius 3 is 2.76 bits per heavy atom. The van der Waals surface area contributed by atoms with Gasteiger partial charge in [-0.05, 0) is 37.9 Å². The van der Waals surface area contributed by atoms with Gasteiger partial charge in [-0.25, -0.2) is 8.42 Å². The van der Waals surface area contributed by atoms with Crippen LogP contribution in [-0.2, 0) is 10.0 Å². The average Bonchev–Trinajstić information content (AvgIpc) is 2.48. The second-order valence-electron chi connectivity index (χ2n) is 5.17. The minimum Gasteiger partial charge on any atom is -0.315 e. The topological polar surface area (TPSA) is 49.4 Å². The highest BCUT2D eigenvalue weighted by Gasteiger charge is 2.33. The van der Waals surface area contributed by atoms with Crippen molar-refractivity contribution in [1.82, 2.24) is 9.62 Å². The van der Waals surface area contributed by atoms with E-state index in [9.17, 15) is 8.42 Å². The summed E-state index contributed by atoms with van der Waals surface area (Å²) < 4.78 is 27.5. The predicted octanol–water partition coefficient (Wildman–Crippen LogP) is 3.15. The van der Waals surface area contributed by atoms with Gasteiger partial charge < -0.3 is 5.32 Å². The van der Waals surface area contributed by atoms with E-state index in [1.165, 1.54) is 6.07 Å². The molecule has 0 aliphatic carbocycles. The van der Waals surface area contributed by atoms with Crippen molar-refractivity contribution in [1.29, 1.82) is 0 Å². The summed E-state index contributed by atoms with van der Waals surface area (Å²) in [6, 6.07) is 4.70. The lowest BCUT2D eigenvalue weighted by molar-refractivity contribution is 0.266. The van der Waals surface area contributed by atoms with Crippen LogP contribution in [0, 0.1) is 0 Å². The molecular weight excluding hydrogens is 331 g/mol. The maximum atomic E-state index is 12.9. The van der Waals surface area contributed by atoms with Gasteiger partial charge in [0, 0.05) is 19.1 Å². The van der Waals surface area contributed by atoms with Crippen LogP contribution in [0.3, 0.4) is 0 Å². The molecule has 4 nitrogen and oxygen atoms in total. The molecule has 1 unspecified atom stereocenters. The third-order valence-electron chi connectivity index (χ3n) is 3.62. The van der Waals surface area contributed by atoms with E-state index in [1.54, 1.807) is 16.4 Å². The molecule has 1 aromatic carbocycles. The van der Waals surface area contributed by atoms with Gasteiger partial charge in [-0.2, -0.15) is 4.31 Å². The molecule has 0 amide bonds. The van der Waals surface area contributed by atoms with E-state index in [0.29, 0.717) is 13.1 Å². The molecule has 1 saturated heterocycles. The van der Waals surface area contributed by atoms with Crippen LogP contribution < -0.4 is 5.32 Å². The van der Waals surface area contributed by atoms with Crippen molar-refractivity contribution in [2.24, 2.45) is 0 Å². The molecule has 0 aromatic heterocycles. The van der Waals surface area contributed by atoms with Crippen LogP contribution in [0.5, 0.6) is 0 Å². The second kappa shape index (κ2) is 7.29. The summed E-state index contributed by atoms with van der Waals surface area (Å²) in [5.74, 6) is 0. The monoisotopic (exact) mass is 350 g/mol. The fourth-order valence-electron chi connectivity index (χ4n) is 2.61. The molecule has 0 radical (unpaired) electrons. The van der Waals surface area contributed by atoms with Gasteiger partial charge in [-0.1, -0.05) is 36.2 Å². The molecule has 2 rings (SSSR count). The molecule has 0 spiro atoms. The van der Waals surface area contributed by atoms with Gasteiger partial charge in [0.2, 0.25) is 10.0 Å². The number of nitrogens with one attached hydrogen (secondary N) is 1. The number of nitrogens with zero attached hydrogens (tertiary/aromatic N) is 1. The van der Waals surface area contributed by atoms with Gasteiger partial charge in [0.05, 0.1) is 10.0 Å². The Balaban J connectivity index is 2.39. The molecule has 1 heterocycles. The highest BCUT2D eigenvalue weighted by molar-refractivity contribution is 7.89. The number of hydrogen-bond acceptors (Lipinski definition) is 3. The largest absolute Gasteiger partial charge is 0.315 e. The van der Waals surface area contributed by atoms with Crippen molar-refractivity contribution in [2.75, 3.05) is 19.6 Å². The zero-order valence-corrected chi connectivity index (χ0v) is 14.3. The first-order valence-corrected chi connectivity index (χ1v) is 9.34. The molecular formula is C14H20Cl2N2O2S. The van der Waals surface area contributed by atoms with Gasteiger partial charge in [0.15, 0.2) is 0 Å². The van der Waals surface area contributed by atoms with Gasteiger partial charge >= 0.3 is 0 Å². The second-order valence-corrected chi connectivity index (χ2v) is 7.81. The van der Waals surface area contributed by atoms with Crippen LogP contribution in [0.2, 0.25) is 10.0 Å². The molecule has 1 aromatic rings. The number of hydrogen-bond donors (Lipinski definition) is 1. The van der Waals surface area contributed by atoms with Crippen molar-refractivity contribution in [3.8, 4) is 0 Å². The van der Waals surface area contributed by atoms with Crippen molar-refractivity contribution in [3.63, 3.8) is 0 Å². The average molecular weight is 351 g/mol. The summed E-state index contributed by atoms with van der Waals surface area (Å²) in [7, 11) is -3.64. The molecule has 1 N–H and O–H groups in total. The highest BCUT2D eigenvalue weighted by Crippen LogP contribution is 2.32. The number of sulfonamides is 1. The Hall–Kier alpha value is -0.330. The maximum absolute atomic E-state index is 12.9. The first kappa shape index (κ1) is 17.0. The van der Waals surface area contributed by atoms with Crippen LogP contribution in [0.4, 0.5) is 0 Å². The molecule has 1 atom stereocenters. The van der Waals surface area contributed by atoms with Gasteiger partial charge in [0.25, 0.3) is 0 Å². The van der Waals surface area contributed by atoms with E-state index in [4.69, 9.17) is 23.2 Å². The van der Waals surface area contributed by atoms with Crippen LogP contribution in [0.15, 0.2) is 23.1 Å². The Kier molecular flexibility index (Phi) is 5.91. The summed E-state index contributed by atoms with van der Waals surface area (Å²) >= 11 is 12.1. The molecule has 1 aliphatic heterocycles. The van der Waals surface area contributed by atoms with E-state index >= 15 is 0 Å². The summed E-state index contributed by atoms with van der Waals surface area (Å²) in [4.78, 5) is 0.0932. The minimum atomic E-state index is -3.64. The summed E-state index contributed by atoms with van der Waals surface area (Å²) in [6.45, 7) is 4.07. The van der Waals surface area contributed by atoms with E-state index in [2.05, 4.69) is 5.32 Å². The Morgan fingerprint density at radius 2 is 2.14 bits per heavy atom. The fourth-order valence-corrected chi connectivity index (χ4v) is 5.09. The lowest BCUT2D eigenvalue weighted by Gasteiger charge is -2.33. The van der Waals surface area contributed by atoms with Crippen molar-refractivity contribution in [3.05, 3.63) is 28.2 Å². The van der Waals surface area contributed by atoms with E-state index in [-0.39, 0.29) is 21.0 Å². The molecule has 1 aliphatic rings. The van der Waals surface area contributed by atoms with Crippen LogP contribution in [0.1, 0.15) is 26.2 Å². The third-order valence-corrected chi connectivity index (χ3v) is 6.55. The molecule has 118 valence electrons. The van der Waals surface area contributed by atoms with Crippen LogP contribution >= 0.6 is 23.2 Å². The van der Waals surface area contributed by atoms with Gasteiger partial charge in [-0.15, -0.1) is 0 Å². The van der Waals surface area contributed by atoms with Crippen molar-refractivity contribution in [2.45, 2.75) is 37.1 Å². The minimum absolute atomic E-state index is 0.0289. The summed E-state index contributed by atoms with van der Waals surface area (Å²) in [5, 5.41) is 3.62. The predicted molar refractivity (Wildman–Crippen MR) is 86.5 cm³/mol. The standard InChI is InChI=1S/C14H20Cl2N2O2S/c1-2-9-18(11-5-4-8-17-10-11)21(19,20)13-7-3-6-12(15)14(13)16/h3,6-7,11,17H,2,4-5,8-10H2,1H3. The number of halogens is 2. The zero-order chi connectivity index (χ0) is 15.5. The summed E-state index contributed by atoms with van der Waals surface area (Å²) in [6.07, 6.45) is 2.60. The number of benzene rings is 1. The van der Waals surface area contributed by atoms with Crippen molar-refractivity contribution >= 4 is 33.2 Å². The van der Waals surface area contributed by atoms with Crippen molar-refractivity contribution < 1.29 is 8.42 Å². The first-order valence-electron chi connectivity index (χ1n) is 7.15. The molecule has 0 saturated carbocycles. The lowest BCUT2D eigenvalue weighted by Crippen LogP contribution is -2.48. The van der Waals surface area contributed by atoms with Gasteiger partial charge in [0.1, 0.15) is 4.90 Å². The van der Waals surface area contributed by atoms with Crippen LogP contribution in [-0.4, -0.2) is 38.4 Å². The Labute approximate surface area is 136 Å². The maximum Gasteiger partial charge on any atom is 0.244 e. The Morgan fingerprint density at radius 1 is 1.38 bits per heavy atom. The van der Waals surface area contributed by atoms with E-state index < -0.39 is 10.0 Å². The highest BCUT2D eigenvalue weighted by atomic mass is 35.5. The summed E-state index contributed by atoms with van der Waals surface area (Å²) in [5.41, 5.74) is 0. The normalized spacial score (nSPS) is 19.9. The van der Waals surface area contributed by atoms with Crippen LogP contribution in [0.25, 0.3) is 0 Å². The third kappa shape index (κ3) is 3.71. The lowest BCUT2D eigenvalue weighted by atomic mass is 10.1. The first-order chi connectivity index (χ1) is 9.98. The molecule has 0 bridgehead atoms. The smallest absolute Gasteiger partial charge is 0.244 e.